The highest BCUT2D eigenvalue weighted by Crippen LogP contribution is 2.32. The number of carbonyl (C=O) groups excluding carboxylic acids is 3. The monoisotopic (exact) mass is 651 g/mol. The van der Waals surface area contributed by atoms with Crippen LogP contribution < -0.4 is 11.1 Å². The average molecular weight is 652 g/mol. The predicted octanol–water partition coefficient (Wildman–Crippen LogP) is 5.31. The quantitative estimate of drug-likeness (QED) is 0.169. The third-order valence-corrected chi connectivity index (χ3v) is 10.1. The molecule has 47 heavy (non-hydrogen) atoms. The molecule has 2 heterocycles. The minimum absolute atomic E-state index is 0.213. The first kappa shape index (κ1) is 34.0. The number of hydrogen-bond acceptors (Lipinski definition) is 6. The van der Waals surface area contributed by atoms with Crippen LogP contribution in [0.2, 0.25) is 0 Å². The van der Waals surface area contributed by atoms with Crippen molar-refractivity contribution < 1.29 is 14.4 Å². The molecular weight excluding hydrogens is 607 g/mol. The second-order valence-electron chi connectivity index (χ2n) is 12.5. The summed E-state index contributed by atoms with van der Waals surface area (Å²) in [5.41, 5.74) is 8.15. The van der Waals surface area contributed by atoms with E-state index in [4.69, 9.17) is 5.73 Å². The van der Waals surface area contributed by atoms with Crippen LogP contribution in [0.1, 0.15) is 48.6 Å². The highest BCUT2D eigenvalue weighted by molar-refractivity contribution is 7.09. The summed E-state index contributed by atoms with van der Waals surface area (Å²) in [5, 5.41) is 7.22. The Balaban J connectivity index is 1.40. The summed E-state index contributed by atoms with van der Waals surface area (Å²) in [7, 11) is 1.68. The van der Waals surface area contributed by atoms with Crippen molar-refractivity contribution in [2.75, 3.05) is 20.1 Å². The Kier molecular flexibility index (Phi) is 11.6. The van der Waals surface area contributed by atoms with Gasteiger partial charge in [0.1, 0.15) is 12.1 Å². The molecule has 0 radical (unpaired) electrons. The first-order valence-corrected chi connectivity index (χ1v) is 17.3. The zero-order chi connectivity index (χ0) is 33.2. The Morgan fingerprint density at radius 1 is 0.979 bits per heavy atom. The third-order valence-electron chi connectivity index (χ3n) is 9.22. The Hall–Kier alpha value is -4.34. The van der Waals surface area contributed by atoms with E-state index >= 15 is 0 Å². The van der Waals surface area contributed by atoms with Gasteiger partial charge in [0.2, 0.25) is 17.7 Å². The third kappa shape index (κ3) is 8.93. The van der Waals surface area contributed by atoms with Gasteiger partial charge in [0.15, 0.2) is 0 Å². The lowest BCUT2D eigenvalue weighted by atomic mass is 9.75. The molecule has 1 aliphatic rings. The number of thiophene rings is 1. The van der Waals surface area contributed by atoms with E-state index in [2.05, 4.69) is 22.4 Å². The molecule has 0 saturated heterocycles. The number of hydrogen-bond donors (Lipinski definition) is 2. The van der Waals surface area contributed by atoms with Gasteiger partial charge < -0.3 is 20.9 Å². The SMILES string of the molecule is CCN(C(=O)[C@@H](Cc1ccc2ccccc2c1)N(C)C(=O)/C=C/CC1(N)CCC1)C(Cc1cccs1)C(=O)NCCc1ccncc1. The van der Waals surface area contributed by atoms with Crippen molar-refractivity contribution in [1.82, 2.24) is 20.1 Å². The van der Waals surface area contributed by atoms with Crippen molar-refractivity contribution in [3.05, 3.63) is 113 Å². The summed E-state index contributed by atoms with van der Waals surface area (Å²) in [6.07, 6.45) is 11.8. The molecule has 1 saturated carbocycles. The second kappa shape index (κ2) is 16.0. The molecule has 1 aliphatic carbocycles. The van der Waals surface area contributed by atoms with Crippen LogP contribution in [0.3, 0.4) is 0 Å². The van der Waals surface area contributed by atoms with E-state index in [1.807, 2.05) is 73.0 Å². The topological polar surface area (TPSA) is 109 Å². The van der Waals surface area contributed by atoms with Gasteiger partial charge in [0, 0.05) is 55.8 Å². The normalized spacial score (nSPS) is 15.1. The fraction of sp³-hybridized carbons (Fsp3) is 0.368. The summed E-state index contributed by atoms with van der Waals surface area (Å²) in [4.78, 5) is 50.3. The lowest BCUT2D eigenvalue weighted by Crippen LogP contribution is -2.57. The van der Waals surface area contributed by atoms with Crippen molar-refractivity contribution in [3.63, 3.8) is 0 Å². The largest absolute Gasteiger partial charge is 0.354 e. The summed E-state index contributed by atoms with van der Waals surface area (Å²) in [6.45, 7) is 2.63. The maximum Gasteiger partial charge on any atom is 0.246 e. The van der Waals surface area contributed by atoms with Gasteiger partial charge in [0.05, 0.1) is 0 Å². The molecule has 9 heteroatoms. The Morgan fingerprint density at radius 2 is 1.74 bits per heavy atom. The molecule has 0 bridgehead atoms. The number of rotatable bonds is 15. The van der Waals surface area contributed by atoms with Crippen LogP contribution in [0.25, 0.3) is 10.8 Å². The lowest BCUT2D eigenvalue weighted by molar-refractivity contribution is -0.147. The van der Waals surface area contributed by atoms with E-state index in [1.165, 1.54) is 4.90 Å². The van der Waals surface area contributed by atoms with E-state index in [0.29, 0.717) is 38.8 Å². The van der Waals surface area contributed by atoms with E-state index in [1.54, 1.807) is 41.8 Å². The van der Waals surface area contributed by atoms with Gasteiger partial charge in [0.25, 0.3) is 0 Å². The number of likely N-dealkylation sites (N-methyl/N-ethyl adjacent to an activating group) is 2. The minimum Gasteiger partial charge on any atom is -0.354 e. The van der Waals surface area contributed by atoms with Crippen LogP contribution in [0.5, 0.6) is 0 Å². The number of benzene rings is 2. The molecule has 2 aromatic heterocycles. The average Bonchev–Trinajstić information content (AvgIpc) is 3.59. The van der Waals surface area contributed by atoms with Crippen LogP contribution in [0, 0.1) is 0 Å². The molecule has 1 unspecified atom stereocenters. The predicted molar refractivity (Wildman–Crippen MR) is 189 cm³/mol. The van der Waals surface area contributed by atoms with Crippen LogP contribution in [-0.4, -0.2) is 70.3 Å². The maximum absolute atomic E-state index is 14.7. The first-order valence-electron chi connectivity index (χ1n) is 16.5. The van der Waals surface area contributed by atoms with Crippen LogP contribution >= 0.6 is 11.3 Å². The second-order valence-corrected chi connectivity index (χ2v) is 13.5. The van der Waals surface area contributed by atoms with Crippen molar-refractivity contribution in [1.29, 1.82) is 0 Å². The van der Waals surface area contributed by atoms with Crippen LogP contribution in [-0.2, 0) is 33.6 Å². The van der Waals surface area contributed by atoms with Gasteiger partial charge in [-0.05, 0) is 90.6 Å². The molecule has 2 atom stereocenters. The lowest BCUT2D eigenvalue weighted by Gasteiger charge is -2.37. The molecule has 5 rings (SSSR count). The number of aromatic nitrogens is 1. The zero-order valence-corrected chi connectivity index (χ0v) is 28.1. The number of fused-ring (bicyclic) bond motifs is 1. The molecule has 4 aromatic rings. The van der Waals surface area contributed by atoms with Gasteiger partial charge >= 0.3 is 0 Å². The molecule has 8 nitrogen and oxygen atoms in total. The van der Waals surface area contributed by atoms with Crippen LogP contribution in [0.4, 0.5) is 0 Å². The molecule has 3 amide bonds. The Morgan fingerprint density at radius 3 is 2.43 bits per heavy atom. The van der Waals surface area contributed by atoms with Crippen molar-refractivity contribution >= 4 is 39.8 Å². The number of nitrogens with zero attached hydrogens (tertiary/aromatic N) is 3. The van der Waals surface area contributed by atoms with Gasteiger partial charge in [-0.25, -0.2) is 0 Å². The summed E-state index contributed by atoms with van der Waals surface area (Å²) in [5.74, 6) is -0.737. The number of nitrogens with one attached hydrogen (secondary N) is 1. The molecule has 246 valence electrons. The Bertz CT molecular complexity index is 1670. The fourth-order valence-electron chi connectivity index (χ4n) is 6.16. The van der Waals surface area contributed by atoms with Gasteiger partial charge in [-0.15, -0.1) is 11.3 Å². The standard InChI is InChI=1S/C38H45N5O3S/c1-3-43(33(27-32-11-7-24-47-32)36(45)41-23-17-28-15-21-40-22-16-28)37(46)34(26-29-13-14-30-9-4-5-10-31(30)25-29)42(2)35(44)12-6-18-38(39)19-8-20-38/h4-7,9-16,21-22,24-25,33-34H,3,8,17-20,23,26-27,39H2,1-2H3,(H,41,45)/b12-6+/t33?,34-/m1/s1. The number of amides is 3. The van der Waals surface area contributed by atoms with Gasteiger partial charge in [-0.1, -0.05) is 54.6 Å². The smallest absolute Gasteiger partial charge is 0.246 e. The highest BCUT2D eigenvalue weighted by Gasteiger charge is 2.36. The molecule has 0 aliphatic heterocycles. The summed E-state index contributed by atoms with van der Waals surface area (Å²) >= 11 is 1.56. The highest BCUT2D eigenvalue weighted by atomic mass is 32.1. The van der Waals surface area contributed by atoms with Gasteiger partial charge in [-0.3, -0.25) is 19.4 Å². The molecular formula is C38H45N5O3S. The molecule has 0 spiro atoms. The number of pyridine rings is 1. The molecule has 1 fully saturated rings. The van der Waals surface area contributed by atoms with Crippen molar-refractivity contribution in [3.8, 4) is 0 Å². The zero-order valence-electron chi connectivity index (χ0n) is 27.3. The van der Waals surface area contributed by atoms with Crippen LogP contribution in [0.15, 0.2) is 96.7 Å². The van der Waals surface area contributed by atoms with E-state index < -0.39 is 12.1 Å². The molecule has 2 aromatic carbocycles. The fourth-order valence-corrected chi connectivity index (χ4v) is 6.90. The maximum atomic E-state index is 14.7. The summed E-state index contributed by atoms with van der Waals surface area (Å²) < 4.78 is 0. The number of carbonyl (C=O) groups is 3. The van der Waals surface area contributed by atoms with E-state index in [0.717, 1.165) is 46.0 Å². The van der Waals surface area contributed by atoms with Gasteiger partial charge in [-0.2, -0.15) is 0 Å². The Labute approximate surface area is 281 Å². The summed E-state index contributed by atoms with van der Waals surface area (Å²) in [6, 6.07) is 20.4. The van der Waals surface area contributed by atoms with E-state index in [9.17, 15) is 14.4 Å². The minimum atomic E-state index is -0.820. The first-order chi connectivity index (χ1) is 22.8. The number of nitrogens with two attached hydrogens (primary N) is 1. The molecule has 3 N–H and O–H groups in total. The van der Waals surface area contributed by atoms with Crippen molar-refractivity contribution in [2.24, 2.45) is 5.73 Å². The van der Waals surface area contributed by atoms with E-state index in [-0.39, 0.29) is 23.3 Å². The van der Waals surface area contributed by atoms with Crippen molar-refractivity contribution in [2.45, 2.75) is 69.5 Å².